The largest absolute Gasteiger partial charge is 0.294 e. The lowest BCUT2D eigenvalue weighted by molar-refractivity contribution is 0.0989. The Kier molecular flexibility index (Phi) is 4.32. The van der Waals surface area contributed by atoms with E-state index in [1.165, 1.54) is 6.33 Å². The van der Waals surface area contributed by atoms with E-state index in [1.807, 2.05) is 30.7 Å². The van der Waals surface area contributed by atoms with Crippen LogP contribution in [0, 0.1) is 19.8 Å². The second-order valence-electron chi connectivity index (χ2n) is 5.73. The van der Waals surface area contributed by atoms with Crippen molar-refractivity contribution in [3.8, 4) is 0 Å². The standard InChI is InChI=1S/C16H21N3O/c1-11(2)9-19-16(17-10-18-19)8-15(20)14-6-12(3)5-13(4)7-14/h5-7,10-11H,8-9H2,1-4H3. The number of rotatable bonds is 5. The van der Waals surface area contributed by atoms with Crippen LogP contribution in [0.15, 0.2) is 24.5 Å². The Labute approximate surface area is 119 Å². The van der Waals surface area contributed by atoms with Gasteiger partial charge < -0.3 is 0 Å². The maximum atomic E-state index is 12.4. The molecule has 106 valence electrons. The highest BCUT2D eigenvalue weighted by Gasteiger charge is 2.13. The summed E-state index contributed by atoms with van der Waals surface area (Å²) in [6, 6.07) is 5.93. The van der Waals surface area contributed by atoms with E-state index in [0.29, 0.717) is 12.3 Å². The van der Waals surface area contributed by atoms with Crippen LogP contribution in [-0.2, 0) is 13.0 Å². The minimum Gasteiger partial charge on any atom is -0.294 e. The molecule has 0 atom stereocenters. The maximum Gasteiger partial charge on any atom is 0.170 e. The van der Waals surface area contributed by atoms with Gasteiger partial charge in [0.05, 0.1) is 6.42 Å². The first-order valence-electron chi connectivity index (χ1n) is 6.94. The predicted molar refractivity (Wildman–Crippen MR) is 78.8 cm³/mol. The molecule has 0 saturated carbocycles. The lowest BCUT2D eigenvalue weighted by Crippen LogP contribution is -2.14. The van der Waals surface area contributed by atoms with Gasteiger partial charge in [0.1, 0.15) is 12.2 Å². The summed E-state index contributed by atoms with van der Waals surface area (Å²) < 4.78 is 1.82. The van der Waals surface area contributed by atoms with Gasteiger partial charge in [0.15, 0.2) is 5.78 Å². The summed E-state index contributed by atoms with van der Waals surface area (Å²) in [6.45, 7) is 9.04. The fourth-order valence-electron chi connectivity index (χ4n) is 2.30. The number of ketones is 1. The highest BCUT2D eigenvalue weighted by molar-refractivity contribution is 5.97. The summed E-state index contributed by atoms with van der Waals surface area (Å²) in [4.78, 5) is 16.6. The molecule has 4 heteroatoms. The van der Waals surface area contributed by atoms with Gasteiger partial charge in [0.25, 0.3) is 0 Å². The Morgan fingerprint density at radius 1 is 1.20 bits per heavy atom. The van der Waals surface area contributed by atoms with Crippen LogP contribution in [0.3, 0.4) is 0 Å². The maximum absolute atomic E-state index is 12.4. The number of Topliss-reactive ketones (excluding diaryl/α,β-unsaturated/α-hetero) is 1. The second kappa shape index (κ2) is 5.99. The summed E-state index contributed by atoms with van der Waals surface area (Å²) in [5.41, 5.74) is 2.97. The van der Waals surface area contributed by atoms with Gasteiger partial charge in [-0.25, -0.2) is 9.67 Å². The van der Waals surface area contributed by atoms with Gasteiger partial charge in [0, 0.05) is 12.1 Å². The van der Waals surface area contributed by atoms with Crippen molar-refractivity contribution in [3.63, 3.8) is 0 Å². The van der Waals surface area contributed by atoms with Gasteiger partial charge in [-0.05, 0) is 31.9 Å². The quantitative estimate of drug-likeness (QED) is 0.785. The molecule has 0 aliphatic heterocycles. The van der Waals surface area contributed by atoms with E-state index < -0.39 is 0 Å². The van der Waals surface area contributed by atoms with E-state index in [4.69, 9.17) is 0 Å². The molecule has 20 heavy (non-hydrogen) atoms. The Hall–Kier alpha value is -1.97. The van der Waals surface area contributed by atoms with Crippen LogP contribution in [0.2, 0.25) is 0 Å². The zero-order chi connectivity index (χ0) is 14.7. The first-order valence-corrected chi connectivity index (χ1v) is 6.94. The molecule has 0 aliphatic rings. The molecule has 1 aromatic carbocycles. The Morgan fingerprint density at radius 3 is 2.45 bits per heavy atom. The molecule has 1 aromatic heterocycles. The highest BCUT2D eigenvalue weighted by atomic mass is 16.1. The minimum atomic E-state index is 0.0924. The van der Waals surface area contributed by atoms with E-state index in [9.17, 15) is 4.79 Å². The van der Waals surface area contributed by atoms with Crippen LogP contribution in [0.1, 0.15) is 41.2 Å². The third-order valence-electron chi connectivity index (χ3n) is 3.10. The van der Waals surface area contributed by atoms with Crippen molar-refractivity contribution < 1.29 is 4.79 Å². The molecule has 0 unspecified atom stereocenters. The normalized spacial score (nSPS) is 11.1. The number of aromatic nitrogens is 3. The lowest BCUT2D eigenvalue weighted by Gasteiger charge is -2.08. The van der Waals surface area contributed by atoms with Crippen molar-refractivity contribution in [2.24, 2.45) is 5.92 Å². The Morgan fingerprint density at radius 2 is 1.85 bits per heavy atom. The van der Waals surface area contributed by atoms with Crippen molar-refractivity contribution in [2.45, 2.75) is 40.7 Å². The molecule has 2 aromatic rings. The van der Waals surface area contributed by atoms with Crippen molar-refractivity contribution in [2.75, 3.05) is 0 Å². The third-order valence-corrected chi connectivity index (χ3v) is 3.10. The first-order chi connectivity index (χ1) is 9.45. The van der Waals surface area contributed by atoms with Crippen LogP contribution in [0.5, 0.6) is 0 Å². The molecular formula is C16H21N3O. The molecular weight excluding hydrogens is 250 g/mol. The summed E-state index contributed by atoms with van der Waals surface area (Å²) in [7, 11) is 0. The first kappa shape index (κ1) is 14.4. The van der Waals surface area contributed by atoms with Gasteiger partial charge in [-0.3, -0.25) is 4.79 Å². The topological polar surface area (TPSA) is 47.8 Å². The van der Waals surface area contributed by atoms with Gasteiger partial charge in [0.2, 0.25) is 0 Å². The summed E-state index contributed by atoms with van der Waals surface area (Å²) >= 11 is 0. The third kappa shape index (κ3) is 3.53. The molecule has 0 spiro atoms. The zero-order valence-electron chi connectivity index (χ0n) is 12.6. The molecule has 2 rings (SSSR count). The number of aryl methyl sites for hydroxylation is 2. The van der Waals surface area contributed by atoms with Crippen LogP contribution in [-0.4, -0.2) is 20.5 Å². The van der Waals surface area contributed by atoms with Gasteiger partial charge in [-0.1, -0.05) is 31.0 Å². The monoisotopic (exact) mass is 271 g/mol. The Balaban J connectivity index is 2.17. The number of nitrogens with zero attached hydrogens (tertiary/aromatic N) is 3. The zero-order valence-corrected chi connectivity index (χ0v) is 12.6. The summed E-state index contributed by atoms with van der Waals surface area (Å²) in [5, 5.41) is 4.19. The number of hydrogen-bond donors (Lipinski definition) is 0. The average molecular weight is 271 g/mol. The van der Waals surface area contributed by atoms with Gasteiger partial charge in [-0.15, -0.1) is 0 Å². The molecule has 0 aliphatic carbocycles. The smallest absolute Gasteiger partial charge is 0.170 e. The van der Waals surface area contributed by atoms with E-state index in [1.54, 1.807) is 0 Å². The minimum absolute atomic E-state index is 0.0924. The fourth-order valence-corrected chi connectivity index (χ4v) is 2.30. The molecule has 0 saturated heterocycles. The summed E-state index contributed by atoms with van der Waals surface area (Å²) in [6.07, 6.45) is 1.82. The van der Waals surface area contributed by atoms with Crippen molar-refractivity contribution in [1.29, 1.82) is 0 Å². The molecule has 0 radical (unpaired) electrons. The number of carbonyl (C=O) groups excluding carboxylic acids is 1. The summed E-state index contributed by atoms with van der Waals surface area (Å²) in [5.74, 6) is 1.31. The molecule has 0 bridgehead atoms. The SMILES string of the molecule is Cc1cc(C)cc(C(=O)Cc2ncnn2CC(C)C)c1. The number of carbonyl (C=O) groups is 1. The molecule has 0 fully saturated rings. The molecule has 0 amide bonds. The second-order valence-corrected chi connectivity index (χ2v) is 5.73. The van der Waals surface area contributed by atoms with Crippen LogP contribution in [0.4, 0.5) is 0 Å². The van der Waals surface area contributed by atoms with Crippen LogP contribution >= 0.6 is 0 Å². The number of benzene rings is 1. The van der Waals surface area contributed by atoms with Crippen molar-refractivity contribution >= 4 is 5.78 Å². The van der Waals surface area contributed by atoms with Crippen molar-refractivity contribution in [1.82, 2.24) is 14.8 Å². The highest BCUT2D eigenvalue weighted by Crippen LogP contribution is 2.12. The van der Waals surface area contributed by atoms with Gasteiger partial charge in [-0.2, -0.15) is 5.10 Å². The van der Waals surface area contributed by atoms with E-state index in [-0.39, 0.29) is 5.78 Å². The number of hydrogen-bond acceptors (Lipinski definition) is 3. The van der Waals surface area contributed by atoms with E-state index in [0.717, 1.165) is 29.1 Å². The van der Waals surface area contributed by atoms with Crippen LogP contribution in [0.25, 0.3) is 0 Å². The average Bonchev–Trinajstić information content (AvgIpc) is 2.74. The molecule has 0 N–H and O–H groups in total. The van der Waals surface area contributed by atoms with E-state index in [2.05, 4.69) is 30.0 Å². The molecule has 4 nitrogen and oxygen atoms in total. The predicted octanol–water partition coefficient (Wildman–Crippen LogP) is 2.98. The lowest BCUT2D eigenvalue weighted by atomic mass is 10.0. The van der Waals surface area contributed by atoms with Crippen molar-refractivity contribution in [3.05, 3.63) is 47.0 Å². The van der Waals surface area contributed by atoms with E-state index >= 15 is 0 Å². The van der Waals surface area contributed by atoms with Crippen LogP contribution < -0.4 is 0 Å². The fraction of sp³-hybridized carbons (Fsp3) is 0.438. The molecule has 1 heterocycles. The van der Waals surface area contributed by atoms with Gasteiger partial charge >= 0.3 is 0 Å². The Bertz CT molecular complexity index is 594.